The van der Waals surface area contributed by atoms with Gasteiger partial charge in [0.15, 0.2) is 0 Å². The van der Waals surface area contributed by atoms with E-state index in [2.05, 4.69) is 15.4 Å². The van der Waals surface area contributed by atoms with Gasteiger partial charge in [0, 0.05) is 17.1 Å². The number of amides is 2. The first kappa shape index (κ1) is 19.2. The van der Waals surface area contributed by atoms with Gasteiger partial charge in [-0.05, 0) is 60.7 Å². The number of anilines is 3. The van der Waals surface area contributed by atoms with Crippen molar-refractivity contribution in [2.45, 2.75) is 4.90 Å². The fraction of sp³-hybridized carbons (Fsp3) is 0.0500. The van der Waals surface area contributed by atoms with Gasteiger partial charge in [-0.25, -0.2) is 13.2 Å². The minimum absolute atomic E-state index is 0.0949. The van der Waals surface area contributed by atoms with Crippen molar-refractivity contribution in [3.05, 3.63) is 78.9 Å². The maximum atomic E-state index is 12.4. The highest BCUT2D eigenvalue weighted by Gasteiger charge is 2.14. The standard InChI is InChI=1S/C20H19N3O4S/c1-27-18-11-7-15(8-12-18)21-20(24)22-16-9-13-19(14-10-16)28(25,26)23-17-5-3-2-4-6-17/h2-14,23H,1H3,(H2,21,22,24). The molecule has 7 nitrogen and oxygen atoms in total. The first-order chi connectivity index (χ1) is 13.5. The number of nitrogens with one attached hydrogen (secondary N) is 3. The van der Waals surface area contributed by atoms with Crippen molar-refractivity contribution in [2.24, 2.45) is 0 Å². The summed E-state index contributed by atoms with van der Waals surface area (Å²) in [7, 11) is -2.14. The lowest BCUT2D eigenvalue weighted by atomic mass is 10.3. The van der Waals surface area contributed by atoms with E-state index in [1.54, 1.807) is 61.7 Å². The number of para-hydroxylation sites is 1. The van der Waals surface area contributed by atoms with Gasteiger partial charge in [-0.3, -0.25) is 4.72 Å². The number of sulfonamides is 1. The quantitative estimate of drug-likeness (QED) is 0.582. The van der Waals surface area contributed by atoms with Gasteiger partial charge in [0.25, 0.3) is 10.0 Å². The van der Waals surface area contributed by atoms with Crippen LogP contribution in [0, 0.1) is 0 Å². The summed E-state index contributed by atoms with van der Waals surface area (Å²) in [5, 5.41) is 5.33. The molecular formula is C20H19N3O4S. The molecule has 3 aromatic rings. The molecule has 0 aliphatic rings. The highest BCUT2D eigenvalue weighted by atomic mass is 32.2. The van der Waals surface area contributed by atoms with E-state index in [1.807, 2.05) is 0 Å². The summed E-state index contributed by atoms with van der Waals surface area (Å²) in [6.07, 6.45) is 0. The highest BCUT2D eigenvalue weighted by molar-refractivity contribution is 7.92. The molecule has 0 aliphatic heterocycles. The van der Waals surface area contributed by atoms with E-state index in [4.69, 9.17) is 4.74 Å². The first-order valence-corrected chi connectivity index (χ1v) is 9.84. The maximum Gasteiger partial charge on any atom is 0.323 e. The summed E-state index contributed by atoms with van der Waals surface area (Å²) in [4.78, 5) is 12.2. The lowest BCUT2D eigenvalue weighted by Crippen LogP contribution is -2.19. The van der Waals surface area contributed by atoms with Crippen LogP contribution in [0.25, 0.3) is 0 Å². The lowest BCUT2D eigenvalue weighted by molar-refractivity contribution is 0.262. The number of carbonyl (C=O) groups is 1. The van der Waals surface area contributed by atoms with Crippen LogP contribution < -0.4 is 20.1 Å². The third-order valence-corrected chi connectivity index (χ3v) is 5.19. The summed E-state index contributed by atoms with van der Waals surface area (Å²) in [5.74, 6) is 0.687. The largest absolute Gasteiger partial charge is 0.497 e. The minimum Gasteiger partial charge on any atom is -0.497 e. The Hall–Kier alpha value is -3.52. The number of urea groups is 1. The average molecular weight is 397 g/mol. The van der Waals surface area contributed by atoms with Crippen molar-refractivity contribution in [3.8, 4) is 5.75 Å². The Morgan fingerprint density at radius 3 is 1.82 bits per heavy atom. The second kappa shape index (κ2) is 8.45. The summed E-state index contributed by atoms with van der Waals surface area (Å²) < 4.78 is 32.4. The molecule has 0 aliphatic carbocycles. The van der Waals surface area contributed by atoms with Crippen LogP contribution in [-0.4, -0.2) is 21.6 Å². The molecule has 2 amide bonds. The number of benzene rings is 3. The predicted molar refractivity (Wildman–Crippen MR) is 109 cm³/mol. The molecule has 0 fully saturated rings. The van der Waals surface area contributed by atoms with Crippen LogP contribution in [0.2, 0.25) is 0 Å². The van der Waals surface area contributed by atoms with Crippen LogP contribution >= 0.6 is 0 Å². The second-order valence-corrected chi connectivity index (χ2v) is 7.49. The Morgan fingerprint density at radius 2 is 1.29 bits per heavy atom. The van der Waals surface area contributed by atoms with Gasteiger partial charge in [-0.2, -0.15) is 0 Å². The number of ether oxygens (including phenoxy) is 1. The SMILES string of the molecule is COc1ccc(NC(=O)Nc2ccc(S(=O)(=O)Nc3ccccc3)cc2)cc1. The van der Waals surface area contributed by atoms with E-state index in [0.717, 1.165) is 0 Å². The van der Waals surface area contributed by atoms with Crippen molar-refractivity contribution in [3.63, 3.8) is 0 Å². The normalized spacial score (nSPS) is 10.8. The first-order valence-electron chi connectivity index (χ1n) is 8.36. The molecule has 0 bridgehead atoms. The van der Waals surface area contributed by atoms with Crippen molar-refractivity contribution < 1.29 is 17.9 Å². The third kappa shape index (κ3) is 5.01. The topological polar surface area (TPSA) is 96.5 Å². The van der Waals surface area contributed by atoms with Gasteiger partial charge in [0.1, 0.15) is 5.75 Å². The van der Waals surface area contributed by atoms with Gasteiger partial charge in [0.2, 0.25) is 0 Å². The molecule has 3 N–H and O–H groups in total. The molecule has 0 unspecified atom stereocenters. The maximum absolute atomic E-state index is 12.4. The van der Waals surface area contributed by atoms with Gasteiger partial charge >= 0.3 is 6.03 Å². The van der Waals surface area contributed by atoms with Crippen molar-refractivity contribution in [2.75, 3.05) is 22.5 Å². The molecule has 0 saturated heterocycles. The fourth-order valence-corrected chi connectivity index (χ4v) is 3.46. The molecule has 3 rings (SSSR count). The molecule has 0 aromatic heterocycles. The van der Waals surface area contributed by atoms with E-state index >= 15 is 0 Å². The average Bonchev–Trinajstić information content (AvgIpc) is 2.69. The molecule has 144 valence electrons. The Morgan fingerprint density at radius 1 is 0.750 bits per heavy atom. The zero-order valence-electron chi connectivity index (χ0n) is 15.0. The van der Waals surface area contributed by atoms with Crippen molar-refractivity contribution in [1.29, 1.82) is 0 Å². The minimum atomic E-state index is -3.70. The number of carbonyl (C=O) groups excluding carboxylic acids is 1. The monoisotopic (exact) mass is 397 g/mol. The Labute approximate surface area is 163 Å². The Kier molecular flexibility index (Phi) is 5.81. The van der Waals surface area contributed by atoms with Crippen molar-refractivity contribution in [1.82, 2.24) is 0 Å². The molecule has 3 aromatic carbocycles. The summed E-state index contributed by atoms with van der Waals surface area (Å²) in [5.41, 5.74) is 1.54. The van der Waals surface area contributed by atoms with Crippen LogP contribution in [-0.2, 0) is 10.0 Å². The van der Waals surface area contributed by atoms with Gasteiger partial charge < -0.3 is 15.4 Å². The van der Waals surface area contributed by atoms with Gasteiger partial charge in [-0.1, -0.05) is 18.2 Å². The lowest BCUT2D eigenvalue weighted by Gasteiger charge is -2.10. The molecule has 0 atom stereocenters. The molecular weight excluding hydrogens is 378 g/mol. The van der Waals surface area contributed by atoms with E-state index in [9.17, 15) is 13.2 Å². The molecule has 0 radical (unpaired) electrons. The molecule has 0 heterocycles. The summed E-state index contributed by atoms with van der Waals surface area (Å²) in [6.45, 7) is 0. The fourth-order valence-electron chi connectivity index (χ4n) is 2.41. The second-order valence-electron chi connectivity index (χ2n) is 5.80. The van der Waals surface area contributed by atoms with E-state index in [-0.39, 0.29) is 4.90 Å². The molecule has 0 saturated carbocycles. The van der Waals surface area contributed by atoms with Gasteiger partial charge in [0.05, 0.1) is 12.0 Å². The Balaban J connectivity index is 1.62. The third-order valence-electron chi connectivity index (χ3n) is 3.80. The van der Waals surface area contributed by atoms with Crippen LogP contribution in [0.15, 0.2) is 83.8 Å². The number of hydrogen-bond donors (Lipinski definition) is 3. The zero-order chi connectivity index (χ0) is 20.0. The van der Waals surface area contributed by atoms with Crippen LogP contribution in [0.3, 0.4) is 0 Å². The van der Waals surface area contributed by atoms with Crippen molar-refractivity contribution >= 4 is 33.1 Å². The van der Waals surface area contributed by atoms with Crippen LogP contribution in [0.1, 0.15) is 0 Å². The Bertz CT molecular complexity index is 1040. The summed E-state index contributed by atoms with van der Waals surface area (Å²) >= 11 is 0. The number of rotatable bonds is 6. The van der Waals surface area contributed by atoms with E-state index < -0.39 is 16.1 Å². The molecule has 0 spiro atoms. The number of hydrogen-bond acceptors (Lipinski definition) is 4. The van der Waals surface area contributed by atoms with Crippen LogP contribution in [0.5, 0.6) is 5.75 Å². The number of methoxy groups -OCH3 is 1. The highest BCUT2D eigenvalue weighted by Crippen LogP contribution is 2.19. The van der Waals surface area contributed by atoms with Gasteiger partial charge in [-0.15, -0.1) is 0 Å². The summed E-state index contributed by atoms with van der Waals surface area (Å²) in [6, 6.07) is 20.9. The smallest absolute Gasteiger partial charge is 0.323 e. The van der Waals surface area contributed by atoms with E-state index in [0.29, 0.717) is 22.8 Å². The predicted octanol–water partition coefficient (Wildman–Crippen LogP) is 4.14. The molecule has 28 heavy (non-hydrogen) atoms. The van der Waals surface area contributed by atoms with Crippen LogP contribution in [0.4, 0.5) is 21.9 Å². The zero-order valence-corrected chi connectivity index (χ0v) is 15.9. The van der Waals surface area contributed by atoms with E-state index in [1.165, 1.54) is 24.3 Å². The molecule has 8 heteroatoms.